The Morgan fingerprint density at radius 3 is 1.29 bits per heavy atom. The van der Waals surface area contributed by atoms with Crippen LogP contribution in [0.5, 0.6) is 0 Å². The number of rotatable bonds is 16. The van der Waals surface area contributed by atoms with Crippen LogP contribution in [0.2, 0.25) is 0 Å². The molecule has 0 N–H and O–H groups in total. The van der Waals surface area contributed by atoms with E-state index in [9.17, 15) is 9.59 Å². The van der Waals surface area contributed by atoms with E-state index < -0.39 is 11.9 Å². The molecule has 0 fully saturated rings. The lowest BCUT2D eigenvalue weighted by atomic mass is 9.33. The summed E-state index contributed by atoms with van der Waals surface area (Å²) in [6.45, 7) is 0.183. The standard InChI is InChI=1S/C95H63BN8O4/c105-94(107-60-62-26-7-1-8-27-62)71-49-52-82-75(57-71)76-58-72(95(106)108-61-63-28-9-2-10-29-63)50-53-83(76)104(82)84-51-48-69(81-59-80(64-30-11-3-12-31-64)97-90(98-81)65-32-13-4-14-33-65)56-77(84)93-100-91(66-34-15-5-16-35-66)99-92(101-93)70-38-23-36-67(54-70)68-37-24-41-74(55-68)103-86-45-22-20-43-79(86)96-78-42-19-21-44-85(78)102(73-39-17-6-18-40-73)87-46-25-47-88(103)89(87)96/h1-59H,60-61H2. The number of nitrogens with zero attached hydrogens (tertiary/aromatic N) is 8. The minimum atomic E-state index is -0.494. The fraction of sp³-hybridized carbons (Fsp3) is 0.0211. The van der Waals surface area contributed by atoms with Gasteiger partial charge in [0.25, 0.3) is 6.71 Å². The Kier molecular flexibility index (Phi) is 16.5. The van der Waals surface area contributed by atoms with Crippen LogP contribution in [0.1, 0.15) is 31.8 Å². The molecular formula is C95H63BN8O4. The smallest absolute Gasteiger partial charge is 0.338 e. The summed E-state index contributed by atoms with van der Waals surface area (Å²) in [5.74, 6) is 0.855. The van der Waals surface area contributed by atoms with Crippen LogP contribution in [0.25, 0.3) is 107 Å². The van der Waals surface area contributed by atoms with Gasteiger partial charge in [-0.05, 0) is 148 Å². The molecule has 0 aliphatic carbocycles. The molecule has 3 aromatic heterocycles. The van der Waals surface area contributed by atoms with Crippen molar-refractivity contribution in [2.24, 2.45) is 0 Å². The fourth-order valence-corrected chi connectivity index (χ4v) is 15.3. The predicted octanol–water partition coefficient (Wildman–Crippen LogP) is 20.2. The number of hydrogen-bond acceptors (Lipinski definition) is 11. The van der Waals surface area contributed by atoms with Crippen molar-refractivity contribution in [2.45, 2.75) is 13.2 Å². The number of esters is 2. The van der Waals surface area contributed by atoms with Crippen LogP contribution >= 0.6 is 0 Å². The molecule has 0 unspecified atom stereocenters. The molecule has 0 saturated carbocycles. The second-order valence-corrected chi connectivity index (χ2v) is 26.9. The Morgan fingerprint density at radius 2 is 0.713 bits per heavy atom. The average Bonchev–Trinajstić information content (AvgIpc) is 0.854. The maximum absolute atomic E-state index is 14.2. The van der Waals surface area contributed by atoms with Gasteiger partial charge in [-0.15, -0.1) is 0 Å². The monoisotopic (exact) mass is 1390 g/mol. The van der Waals surface area contributed by atoms with E-state index >= 15 is 0 Å². The van der Waals surface area contributed by atoms with Crippen LogP contribution in [0.15, 0.2) is 358 Å². The Balaban J connectivity index is 0.780. The van der Waals surface area contributed by atoms with E-state index in [0.29, 0.717) is 62.1 Å². The highest BCUT2D eigenvalue weighted by atomic mass is 16.5. The van der Waals surface area contributed by atoms with E-state index in [1.54, 1.807) is 12.1 Å². The Morgan fingerprint density at radius 1 is 0.296 bits per heavy atom. The van der Waals surface area contributed by atoms with Gasteiger partial charge in [0, 0.05) is 78.3 Å². The second-order valence-electron chi connectivity index (χ2n) is 26.9. The normalized spacial score (nSPS) is 12.0. The van der Waals surface area contributed by atoms with E-state index in [2.05, 4.69) is 190 Å². The molecule has 17 aromatic rings. The first-order chi connectivity index (χ1) is 53.4. The number of benzene rings is 14. The van der Waals surface area contributed by atoms with Gasteiger partial charge in [-0.2, -0.15) is 0 Å². The lowest BCUT2D eigenvalue weighted by molar-refractivity contribution is 0.0464. The molecule has 0 spiro atoms. The molecule has 0 amide bonds. The first-order valence-electron chi connectivity index (χ1n) is 36.0. The number of anilines is 6. The van der Waals surface area contributed by atoms with Crippen LogP contribution in [0.3, 0.4) is 0 Å². The summed E-state index contributed by atoms with van der Waals surface area (Å²) < 4.78 is 14.1. The first-order valence-corrected chi connectivity index (χ1v) is 36.0. The summed E-state index contributed by atoms with van der Waals surface area (Å²) in [6, 6.07) is 121. The fourth-order valence-electron chi connectivity index (χ4n) is 15.3. The molecule has 2 aliphatic rings. The van der Waals surface area contributed by atoms with Crippen LogP contribution < -0.4 is 26.2 Å². The molecule has 0 atom stereocenters. The quantitative estimate of drug-likeness (QED) is 0.0677. The van der Waals surface area contributed by atoms with Gasteiger partial charge in [-0.25, -0.2) is 34.5 Å². The van der Waals surface area contributed by atoms with Gasteiger partial charge in [0.2, 0.25) is 0 Å². The van der Waals surface area contributed by atoms with Gasteiger partial charge in [-0.1, -0.05) is 249 Å². The molecule has 2 aliphatic heterocycles. The topological polar surface area (TPSA) is 128 Å². The van der Waals surface area contributed by atoms with E-state index in [0.717, 1.165) is 95.2 Å². The third-order valence-electron chi connectivity index (χ3n) is 20.3. The van der Waals surface area contributed by atoms with E-state index in [1.165, 1.54) is 22.1 Å². The molecule has 0 saturated heterocycles. The van der Waals surface area contributed by atoms with Crippen LogP contribution in [0.4, 0.5) is 34.1 Å². The van der Waals surface area contributed by atoms with Crippen molar-refractivity contribution < 1.29 is 19.1 Å². The Labute approximate surface area is 623 Å². The summed E-state index contributed by atoms with van der Waals surface area (Å²) in [5, 5.41) is 1.39. The second kappa shape index (κ2) is 27.6. The molecular weight excluding hydrogens is 1330 g/mol. The van der Waals surface area contributed by atoms with Gasteiger partial charge in [0.05, 0.1) is 39.2 Å². The summed E-state index contributed by atoms with van der Waals surface area (Å²) in [7, 11) is 0. The van der Waals surface area contributed by atoms with Gasteiger partial charge >= 0.3 is 11.9 Å². The average molecular weight is 1390 g/mol. The zero-order valence-corrected chi connectivity index (χ0v) is 58.3. The maximum atomic E-state index is 14.2. The highest BCUT2D eigenvalue weighted by Crippen LogP contribution is 2.46. The SMILES string of the molecule is O=C(OCc1ccccc1)c1ccc2c(c1)c1cc(C(=O)OCc3ccccc3)ccc1n2-c1ccc(-c2cc(-c3ccccc3)nc(-c3ccccc3)n2)cc1-c1nc(-c2ccccc2)nc(-c2cccc(-c3cccc(N4c5ccccc5B5c6ccccc6N(c6ccccc6)c6cccc4c65)c3)c2)n1. The molecule has 0 bridgehead atoms. The first kappa shape index (κ1) is 64.4. The van der Waals surface area contributed by atoms with Crippen LogP contribution in [0, 0.1) is 0 Å². The molecule has 13 heteroatoms. The summed E-state index contributed by atoms with van der Waals surface area (Å²) in [4.78, 5) is 60.3. The zero-order chi connectivity index (χ0) is 72.0. The molecule has 0 radical (unpaired) electrons. The van der Waals surface area contributed by atoms with Crippen molar-refractivity contribution >= 4 is 91.0 Å². The number of carbonyl (C=O) groups is 2. The molecule has 12 nitrogen and oxygen atoms in total. The van der Waals surface area contributed by atoms with Crippen molar-refractivity contribution in [3.63, 3.8) is 0 Å². The van der Waals surface area contributed by atoms with Gasteiger partial charge in [0.15, 0.2) is 23.3 Å². The third kappa shape index (κ3) is 12.0. The lowest BCUT2D eigenvalue weighted by Gasteiger charge is -2.44. The van der Waals surface area contributed by atoms with Crippen LogP contribution in [-0.4, -0.2) is 48.1 Å². The lowest BCUT2D eigenvalue weighted by Crippen LogP contribution is -2.61. The minimum Gasteiger partial charge on any atom is -0.457 e. The van der Waals surface area contributed by atoms with E-state index in [-0.39, 0.29) is 19.9 Å². The van der Waals surface area contributed by atoms with Crippen molar-refractivity contribution in [1.29, 1.82) is 0 Å². The maximum Gasteiger partial charge on any atom is 0.338 e. The Bertz CT molecular complexity index is 6160. The number of aromatic nitrogens is 6. The van der Waals surface area contributed by atoms with Crippen molar-refractivity contribution in [2.75, 3.05) is 9.80 Å². The summed E-state index contributed by atoms with van der Waals surface area (Å²) >= 11 is 0. The van der Waals surface area contributed by atoms with Gasteiger partial charge < -0.3 is 23.8 Å². The molecule has 108 heavy (non-hydrogen) atoms. The Hall–Kier alpha value is -14.4. The molecule has 510 valence electrons. The van der Waals surface area contributed by atoms with E-state index in [4.69, 9.17) is 34.4 Å². The third-order valence-corrected chi connectivity index (χ3v) is 20.3. The minimum absolute atomic E-state index is 0.00552. The number of fused-ring (bicyclic) bond motifs is 7. The number of carbonyl (C=O) groups excluding carboxylic acids is 2. The molecule has 5 heterocycles. The summed E-state index contributed by atoms with van der Waals surface area (Å²) in [5.41, 5.74) is 23.1. The van der Waals surface area contributed by atoms with Crippen molar-refractivity contribution in [3.05, 3.63) is 380 Å². The number of para-hydroxylation sites is 3. The predicted molar refractivity (Wildman–Crippen MR) is 433 cm³/mol. The largest absolute Gasteiger partial charge is 0.457 e. The van der Waals surface area contributed by atoms with Gasteiger partial charge in [-0.3, -0.25) is 0 Å². The van der Waals surface area contributed by atoms with E-state index in [1.807, 2.05) is 170 Å². The molecule has 19 rings (SSSR count). The molecule has 14 aromatic carbocycles. The van der Waals surface area contributed by atoms with Crippen LogP contribution in [-0.2, 0) is 22.7 Å². The summed E-state index contributed by atoms with van der Waals surface area (Å²) in [6.07, 6.45) is 0. The number of hydrogen-bond donors (Lipinski definition) is 0. The number of ether oxygens (including phenoxy) is 2. The highest BCUT2D eigenvalue weighted by Gasteiger charge is 2.43. The zero-order valence-electron chi connectivity index (χ0n) is 58.3. The van der Waals surface area contributed by atoms with Crippen molar-refractivity contribution in [1.82, 2.24) is 29.5 Å². The van der Waals surface area contributed by atoms with Gasteiger partial charge in [0.1, 0.15) is 13.2 Å². The highest BCUT2D eigenvalue weighted by molar-refractivity contribution is 7.00. The van der Waals surface area contributed by atoms with Crippen molar-refractivity contribution in [3.8, 4) is 84.9 Å².